The number of hydrogen-bond donors (Lipinski definition) is 0. The molecule has 3 aromatic carbocycles. The van der Waals surface area contributed by atoms with E-state index in [-0.39, 0.29) is 5.56 Å². The molecule has 0 spiro atoms. The van der Waals surface area contributed by atoms with Crippen molar-refractivity contribution in [3.63, 3.8) is 0 Å². The van der Waals surface area contributed by atoms with Crippen LogP contribution in [0.15, 0.2) is 48.5 Å². The topological polar surface area (TPSA) is 0 Å². The lowest BCUT2D eigenvalue weighted by Gasteiger charge is -2.21. The monoisotopic (exact) mass is 432 g/mol. The third-order valence-corrected chi connectivity index (χ3v) is 6.13. The van der Waals surface area contributed by atoms with E-state index in [0.29, 0.717) is 0 Å². The number of hydrogen-bond acceptors (Lipinski definition) is 0. The van der Waals surface area contributed by atoms with Crippen molar-refractivity contribution >= 4 is 0 Å². The summed E-state index contributed by atoms with van der Waals surface area (Å²) in [6.07, 6.45) is 9.55. The molecule has 0 bridgehead atoms. The number of benzene rings is 3. The molecule has 0 fully saturated rings. The zero-order chi connectivity index (χ0) is 22.5. The van der Waals surface area contributed by atoms with E-state index in [2.05, 4.69) is 43.0 Å². The average molecular weight is 433 g/mol. The van der Waals surface area contributed by atoms with Crippen LogP contribution in [-0.2, 0) is 19.3 Å². The van der Waals surface area contributed by atoms with Crippen LogP contribution in [0.4, 0.5) is 13.2 Å². The van der Waals surface area contributed by atoms with E-state index in [9.17, 15) is 13.2 Å². The second-order valence-corrected chi connectivity index (χ2v) is 8.53. The zero-order valence-electron chi connectivity index (χ0n) is 18.4. The summed E-state index contributed by atoms with van der Waals surface area (Å²) in [6, 6.07) is 14.7. The summed E-state index contributed by atoms with van der Waals surface area (Å²) >= 11 is 0. The number of unbranched alkanes of at least 4 members (excludes halogenated alkanes) is 4. The van der Waals surface area contributed by atoms with Crippen molar-refractivity contribution in [2.45, 2.75) is 58.3 Å². The molecule has 0 aliphatic heterocycles. The summed E-state index contributed by atoms with van der Waals surface area (Å²) in [7, 11) is 0. The molecule has 0 radical (unpaired) electrons. The van der Waals surface area contributed by atoms with Crippen molar-refractivity contribution in [2.24, 2.45) is 0 Å². The van der Waals surface area contributed by atoms with Gasteiger partial charge in [-0.1, -0.05) is 68.7 Å². The Bertz CT molecular complexity index is 1160. The Kier molecular flexibility index (Phi) is 7.00. The standard InChI is InChI=1S/C29H27F3/c1-2-3-4-5-6-7-20-10-14-25-23(16-20)12-13-24-17-21(11-15-26(24)25)8-9-22-18-27(30)29(32)28(31)19-22/h10-11,14-19H,2-7,12-13H2,1H3. The summed E-state index contributed by atoms with van der Waals surface area (Å²) in [4.78, 5) is 0. The normalized spacial score (nSPS) is 12.0. The van der Waals surface area contributed by atoms with Gasteiger partial charge in [-0.3, -0.25) is 0 Å². The molecule has 0 unspecified atom stereocenters. The molecule has 0 N–H and O–H groups in total. The van der Waals surface area contributed by atoms with E-state index >= 15 is 0 Å². The van der Waals surface area contributed by atoms with Crippen LogP contribution in [0.25, 0.3) is 11.1 Å². The highest BCUT2D eigenvalue weighted by Crippen LogP contribution is 2.34. The van der Waals surface area contributed by atoms with Crippen molar-refractivity contribution < 1.29 is 13.2 Å². The van der Waals surface area contributed by atoms with Gasteiger partial charge in [-0.25, -0.2) is 13.2 Å². The molecule has 164 valence electrons. The maximum atomic E-state index is 13.4. The molecule has 4 rings (SSSR count). The lowest BCUT2D eigenvalue weighted by molar-refractivity contribution is 0.446. The first-order valence-electron chi connectivity index (χ1n) is 11.5. The van der Waals surface area contributed by atoms with E-state index in [0.717, 1.165) is 37.0 Å². The van der Waals surface area contributed by atoms with Crippen LogP contribution in [0.1, 0.15) is 66.8 Å². The fraction of sp³-hybridized carbons (Fsp3) is 0.310. The minimum atomic E-state index is -1.47. The van der Waals surface area contributed by atoms with Gasteiger partial charge in [0.05, 0.1) is 0 Å². The second kappa shape index (κ2) is 10.1. The van der Waals surface area contributed by atoms with Crippen LogP contribution in [0.3, 0.4) is 0 Å². The van der Waals surface area contributed by atoms with E-state index in [4.69, 9.17) is 0 Å². The molecule has 0 saturated carbocycles. The summed E-state index contributed by atoms with van der Waals surface area (Å²) in [5, 5.41) is 0. The Balaban J connectivity index is 1.50. The predicted molar refractivity (Wildman–Crippen MR) is 124 cm³/mol. The number of halogens is 3. The molecule has 1 aliphatic rings. The molecule has 3 heteroatoms. The molecule has 0 saturated heterocycles. The quantitative estimate of drug-likeness (QED) is 0.212. The van der Waals surface area contributed by atoms with Gasteiger partial charge in [-0.05, 0) is 77.8 Å². The van der Waals surface area contributed by atoms with Gasteiger partial charge < -0.3 is 0 Å². The van der Waals surface area contributed by atoms with Gasteiger partial charge >= 0.3 is 0 Å². The van der Waals surface area contributed by atoms with E-state index in [1.807, 2.05) is 12.1 Å². The molecule has 0 atom stereocenters. The van der Waals surface area contributed by atoms with Crippen LogP contribution >= 0.6 is 0 Å². The van der Waals surface area contributed by atoms with E-state index in [1.54, 1.807) is 0 Å². The maximum absolute atomic E-state index is 13.4. The first-order chi connectivity index (χ1) is 15.5. The van der Waals surface area contributed by atoms with Crippen LogP contribution < -0.4 is 0 Å². The third-order valence-electron chi connectivity index (χ3n) is 6.13. The molecular formula is C29H27F3. The van der Waals surface area contributed by atoms with Crippen LogP contribution in [0.2, 0.25) is 0 Å². The molecule has 0 amide bonds. The van der Waals surface area contributed by atoms with Crippen LogP contribution in [0.5, 0.6) is 0 Å². The first-order valence-corrected chi connectivity index (χ1v) is 11.5. The van der Waals surface area contributed by atoms with Gasteiger partial charge in [0.2, 0.25) is 0 Å². The number of fused-ring (bicyclic) bond motifs is 3. The van der Waals surface area contributed by atoms with Crippen LogP contribution in [-0.4, -0.2) is 0 Å². The summed E-state index contributed by atoms with van der Waals surface area (Å²) in [6.45, 7) is 2.24. The highest BCUT2D eigenvalue weighted by atomic mass is 19.2. The molecule has 0 heterocycles. The lowest BCUT2D eigenvalue weighted by atomic mass is 9.83. The summed E-state index contributed by atoms with van der Waals surface area (Å²) < 4.78 is 39.9. The Morgan fingerprint density at radius 3 is 2.03 bits per heavy atom. The van der Waals surface area contributed by atoms with Gasteiger partial charge in [-0.2, -0.15) is 0 Å². The molecule has 0 nitrogen and oxygen atoms in total. The molecule has 0 aromatic heterocycles. The minimum absolute atomic E-state index is 0.117. The molecule has 3 aromatic rings. The SMILES string of the molecule is CCCCCCCc1ccc2c(c1)CCc1cc(C#Cc3cc(F)c(F)c(F)c3)ccc1-2. The maximum Gasteiger partial charge on any atom is 0.194 e. The summed E-state index contributed by atoms with van der Waals surface area (Å²) in [5.41, 5.74) is 7.46. The fourth-order valence-corrected chi connectivity index (χ4v) is 4.39. The Morgan fingerprint density at radius 1 is 0.688 bits per heavy atom. The molecule has 32 heavy (non-hydrogen) atoms. The Hall–Kier alpha value is -2.99. The highest BCUT2D eigenvalue weighted by Gasteiger charge is 2.16. The Morgan fingerprint density at radius 2 is 1.31 bits per heavy atom. The molecule has 1 aliphatic carbocycles. The lowest BCUT2D eigenvalue weighted by Crippen LogP contribution is -2.05. The van der Waals surface area contributed by atoms with Gasteiger partial charge in [-0.15, -0.1) is 0 Å². The smallest absolute Gasteiger partial charge is 0.194 e. The highest BCUT2D eigenvalue weighted by molar-refractivity contribution is 5.74. The largest absolute Gasteiger partial charge is 0.204 e. The van der Waals surface area contributed by atoms with E-state index in [1.165, 1.54) is 59.9 Å². The average Bonchev–Trinajstić information content (AvgIpc) is 2.80. The van der Waals surface area contributed by atoms with Gasteiger partial charge in [0.25, 0.3) is 0 Å². The van der Waals surface area contributed by atoms with Crippen LogP contribution in [0, 0.1) is 29.3 Å². The van der Waals surface area contributed by atoms with Crippen molar-refractivity contribution in [2.75, 3.05) is 0 Å². The Labute approximate surface area is 188 Å². The number of aryl methyl sites for hydroxylation is 3. The predicted octanol–water partition coefficient (Wildman–Crippen LogP) is 7.78. The number of rotatable bonds is 6. The zero-order valence-corrected chi connectivity index (χ0v) is 18.4. The third kappa shape index (κ3) is 5.07. The van der Waals surface area contributed by atoms with Crippen molar-refractivity contribution in [3.8, 4) is 23.0 Å². The fourth-order valence-electron chi connectivity index (χ4n) is 4.39. The van der Waals surface area contributed by atoms with Crippen molar-refractivity contribution in [1.82, 2.24) is 0 Å². The van der Waals surface area contributed by atoms with Crippen molar-refractivity contribution in [3.05, 3.63) is 93.8 Å². The van der Waals surface area contributed by atoms with Crippen molar-refractivity contribution in [1.29, 1.82) is 0 Å². The molecular weight excluding hydrogens is 405 g/mol. The van der Waals surface area contributed by atoms with Gasteiger partial charge in [0, 0.05) is 11.1 Å². The second-order valence-electron chi connectivity index (χ2n) is 8.53. The van der Waals surface area contributed by atoms with Gasteiger partial charge in [0.1, 0.15) is 0 Å². The van der Waals surface area contributed by atoms with Gasteiger partial charge in [0.15, 0.2) is 17.5 Å². The summed E-state index contributed by atoms with van der Waals surface area (Å²) in [5.74, 6) is 1.77. The minimum Gasteiger partial charge on any atom is -0.204 e. The van der Waals surface area contributed by atoms with E-state index < -0.39 is 17.5 Å². The first kappa shape index (κ1) is 22.2.